The first-order valence-electron chi connectivity index (χ1n) is 9.42. The quantitative estimate of drug-likeness (QED) is 0.477. The molecule has 0 fully saturated rings. The molecular weight excluding hydrogens is 388 g/mol. The van der Waals surface area contributed by atoms with Crippen LogP contribution in [0.15, 0.2) is 59.3 Å². The molecule has 0 radical (unpaired) electrons. The van der Waals surface area contributed by atoms with Crippen LogP contribution in [-0.4, -0.2) is 11.8 Å². The molecule has 2 N–H and O–H groups in total. The Labute approximate surface area is 173 Å². The van der Waals surface area contributed by atoms with Crippen LogP contribution < -0.4 is 10.6 Å². The van der Waals surface area contributed by atoms with E-state index in [0.717, 1.165) is 24.1 Å². The van der Waals surface area contributed by atoms with E-state index in [1.54, 1.807) is 40.9 Å². The van der Waals surface area contributed by atoms with Gasteiger partial charge in [0.05, 0.1) is 6.04 Å². The van der Waals surface area contributed by atoms with E-state index in [2.05, 4.69) is 23.6 Å². The van der Waals surface area contributed by atoms with Gasteiger partial charge in [-0.3, -0.25) is 9.59 Å². The highest BCUT2D eigenvalue weighted by Crippen LogP contribution is 2.22. The van der Waals surface area contributed by atoms with Gasteiger partial charge in [-0.05, 0) is 60.4 Å². The SMILES string of the molecule is CCC(NC(=O)c1cccc(NC(=O)CCCc2cccs2)c1)c1cccs1. The Morgan fingerprint density at radius 1 is 1.04 bits per heavy atom. The summed E-state index contributed by atoms with van der Waals surface area (Å²) in [6.07, 6.45) is 3.01. The number of anilines is 1. The molecule has 146 valence electrons. The topological polar surface area (TPSA) is 58.2 Å². The maximum atomic E-state index is 12.6. The number of amides is 2. The van der Waals surface area contributed by atoms with Gasteiger partial charge >= 0.3 is 0 Å². The normalized spacial score (nSPS) is 11.8. The average Bonchev–Trinajstić information content (AvgIpc) is 3.40. The van der Waals surface area contributed by atoms with Crippen molar-refractivity contribution in [1.82, 2.24) is 5.32 Å². The Morgan fingerprint density at radius 3 is 2.57 bits per heavy atom. The first-order chi connectivity index (χ1) is 13.7. The number of carbonyl (C=O) groups is 2. The lowest BCUT2D eigenvalue weighted by Gasteiger charge is -2.16. The molecule has 0 saturated heterocycles. The number of carbonyl (C=O) groups excluding carboxylic acids is 2. The molecule has 0 aliphatic rings. The summed E-state index contributed by atoms with van der Waals surface area (Å²) in [4.78, 5) is 27.3. The second-order valence-electron chi connectivity index (χ2n) is 6.51. The Kier molecular flexibility index (Phi) is 7.39. The lowest BCUT2D eigenvalue weighted by atomic mass is 10.1. The standard InChI is InChI=1S/C22H24N2O2S2/c1-2-19(20-11-6-14-28-20)24-22(26)16-7-3-8-17(15-16)23-21(25)12-4-9-18-10-5-13-27-18/h3,5-8,10-11,13-15,19H,2,4,9,12H2,1H3,(H,23,25)(H,24,26). The van der Waals surface area contributed by atoms with Crippen molar-refractivity contribution in [2.45, 2.75) is 38.6 Å². The lowest BCUT2D eigenvalue weighted by Crippen LogP contribution is -2.27. The van der Waals surface area contributed by atoms with Crippen LogP contribution in [0.2, 0.25) is 0 Å². The second kappa shape index (κ2) is 10.2. The lowest BCUT2D eigenvalue weighted by molar-refractivity contribution is -0.116. The summed E-state index contributed by atoms with van der Waals surface area (Å²) in [5.41, 5.74) is 1.20. The minimum absolute atomic E-state index is 0.00278. The van der Waals surface area contributed by atoms with Crippen molar-refractivity contribution >= 4 is 40.2 Å². The third-order valence-electron chi connectivity index (χ3n) is 4.42. The van der Waals surface area contributed by atoms with E-state index < -0.39 is 0 Å². The highest BCUT2D eigenvalue weighted by molar-refractivity contribution is 7.10. The first-order valence-corrected chi connectivity index (χ1v) is 11.2. The molecule has 3 rings (SSSR count). The predicted molar refractivity (Wildman–Crippen MR) is 117 cm³/mol. The summed E-state index contributed by atoms with van der Waals surface area (Å²) in [6.45, 7) is 2.05. The summed E-state index contributed by atoms with van der Waals surface area (Å²) in [6, 6.07) is 15.2. The molecule has 2 amide bonds. The molecule has 0 aliphatic carbocycles. The Balaban J connectivity index is 1.53. The molecular formula is C22H24N2O2S2. The number of hydrogen-bond acceptors (Lipinski definition) is 4. The van der Waals surface area contributed by atoms with Gasteiger partial charge in [0, 0.05) is 27.4 Å². The summed E-state index contributed by atoms with van der Waals surface area (Å²) in [5.74, 6) is -0.159. The third-order valence-corrected chi connectivity index (χ3v) is 6.34. The van der Waals surface area contributed by atoms with Crippen molar-refractivity contribution in [2.75, 3.05) is 5.32 Å². The minimum Gasteiger partial charge on any atom is -0.344 e. The number of thiophene rings is 2. The van der Waals surface area contributed by atoms with Crippen molar-refractivity contribution in [1.29, 1.82) is 0 Å². The van der Waals surface area contributed by atoms with Crippen molar-refractivity contribution in [3.05, 3.63) is 74.6 Å². The van der Waals surface area contributed by atoms with Crippen LogP contribution in [0.3, 0.4) is 0 Å². The number of hydrogen-bond donors (Lipinski definition) is 2. The molecule has 0 aliphatic heterocycles. The van der Waals surface area contributed by atoms with Crippen molar-refractivity contribution in [3.8, 4) is 0 Å². The van der Waals surface area contributed by atoms with Gasteiger partial charge in [-0.25, -0.2) is 0 Å². The van der Waals surface area contributed by atoms with E-state index in [9.17, 15) is 9.59 Å². The highest BCUT2D eigenvalue weighted by atomic mass is 32.1. The average molecular weight is 413 g/mol. The van der Waals surface area contributed by atoms with Gasteiger partial charge < -0.3 is 10.6 Å². The molecule has 28 heavy (non-hydrogen) atoms. The van der Waals surface area contributed by atoms with Crippen molar-refractivity contribution < 1.29 is 9.59 Å². The van der Waals surface area contributed by atoms with Gasteiger partial charge in [-0.1, -0.05) is 25.1 Å². The number of nitrogens with one attached hydrogen (secondary N) is 2. The minimum atomic E-state index is -0.131. The van der Waals surface area contributed by atoms with E-state index in [-0.39, 0.29) is 17.9 Å². The monoisotopic (exact) mass is 412 g/mol. The van der Waals surface area contributed by atoms with E-state index in [4.69, 9.17) is 0 Å². The van der Waals surface area contributed by atoms with Crippen LogP contribution in [-0.2, 0) is 11.2 Å². The van der Waals surface area contributed by atoms with E-state index >= 15 is 0 Å². The van der Waals surface area contributed by atoms with E-state index in [1.165, 1.54) is 4.88 Å². The first kappa shape index (κ1) is 20.3. The van der Waals surface area contributed by atoms with E-state index in [1.807, 2.05) is 35.0 Å². The maximum Gasteiger partial charge on any atom is 0.251 e. The number of benzene rings is 1. The van der Waals surface area contributed by atoms with Crippen LogP contribution in [0.25, 0.3) is 0 Å². The fourth-order valence-corrected chi connectivity index (χ4v) is 4.56. The predicted octanol–water partition coefficient (Wildman–Crippen LogP) is 5.65. The summed E-state index contributed by atoms with van der Waals surface area (Å²) >= 11 is 3.35. The third kappa shape index (κ3) is 5.78. The fraction of sp³-hybridized carbons (Fsp3) is 0.273. The van der Waals surface area contributed by atoms with Crippen LogP contribution in [0.5, 0.6) is 0 Å². The van der Waals surface area contributed by atoms with Crippen LogP contribution in [0.1, 0.15) is 52.3 Å². The number of aryl methyl sites for hydroxylation is 1. The highest BCUT2D eigenvalue weighted by Gasteiger charge is 2.15. The van der Waals surface area contributed by atoms with Gasteiger partial charge in [0.25, 0.3) is 5.91 Å². The Bertz CT molecular complexity index is 889. The van der Waals surface area contributed by atoms with Crippen molar-refractivity contribution in [3.63, 3.8) is 0 Å². The smallest absolute Gasteiger partial charge is 0.251 e. The van der Waals surface area contributed by atoms with Crippen molar-refractivity contribution in [2.24, 2.45) is 0 Å². The van der Waals surface area contributed by atoms with Gasteiger partial charge in [0.1, 0.15) is 0 Å². The van der Waals surface area contributed by atoms with Crippen LogP contribution >= 0.6 is 22.7 Å². The Morgan fingerprint density at radius 2 is 1.86 bits per heavy atom. The van der Waals surface area contributed by atoms with Gasteiger partial charge in [-0.15, -0.1) is 22.7 Å². The van der Waals surface area contributed by atoms with Gasteiger partial charge in [0.15, 0.2) is 0 Å². The van der Waals surface area contributed by atoms with E-state index in [0.29, 0.717) is 17.7 Å². The summed E-state index contributed by atoms with van der Waals surface area (Å²) in [7, 11) is 0. The summed E-state index contributed by atoms with van der Waals surface area (Å²) < 4.78 is 0. The zero-order valence-corrected chi connectivity index (χ0v) is 17.4. The molecule has 1 aromatic carbocycles. The molecule has 4 nitrogen and oxygen atoms in total. The molecule has 2 aromatic heterocycles. The molecule has 1 atom stereocenters. The number of rotatable bonds is 9. The summed E-state index contributed by atoms with van der Waals surface area (Å²) in [5, 5.41) is 10.0. The molecule has 0 saturated carbocycles. The molecule has 3 aromatic rings. The van der Waals surface area contributed by atoms with Gasteiger partial charge in [-0.2, -0.15) is 0 Å². The molecule has 1 unspecified atom stereocenters. The molecule has 2 heterocycles. The largest absolute Gasteiger partial charge is 0.344 e. The molecule has 0 spiro atoms. The zero-order valence-electron chi connectivity index (χ0n) is 15.8. The maximum absolute atomic E-state index is 12.6. The van der Waals surface area contributed by atoms with Crippen LogP contribution in [0, 0.1) is 0 Å². The zero-order chi connectivity index (χ0) is 19.8. The molecule has 6 heteroatoms. The van der Waals surface area contributed by atoms with Crippen LogP contribution in [0.4, 0.5) is 5.69 Å². The second-order valence-corrected chi connectivity index (χ2v) is 8.52. The Hall–Kier alpha value is -2.44. The van der Waals surface area contributed by atoms with Gasteiger partial charge in [0.2, 0.25) is 5.91 Å². The molecule has 0 bridgehead atoms. The fourth-order valence-electron chi connectivity index (χ4n) is 2.95.